The summed E-state index contributed by atoms with van der Waals surface area (Å²) in [5.41, 5.74) is 3.38. The average molecular weight is 221 g/mol. The Bertz CT molecular complexity index is 370. The lowest BCUT2D eigenvalue weighted by Crippen LogP contribution is -2.42. The van der Waals surface area contributed by atoms with Crippen molar-refractivity contribution in [2.24, 2.45) is 0 Å². The zero-order valence-corrected chi connectivity index (χ0v) is 9.92. The molecule has 1 atom stereocenters. The maximum Gasteiger partial charge on any atom is 0.118 e. The van der Waals surface area contributed by atoms with E-state index >= 15 is 0 Å². The van der Waals surface area contributed by atoms with Gasteiger partial charge < -0.3 is 15.2 Å². The Hall–Kier alpha value is -1.06. The first-order valence-corrected chi connectivity index (χ1v) is 5.77. The molecule has 1 aromatic rings. The number of hydrogen-bond acceptors (Lipinski definition) is 3. The molecule has 0 aromatic heterocycles. The number of rotatable bonds is 2. The first-order valence-electron chi connectivity index (χ1n) is 5.77. The molecule has 1 heterocycles. The van der Waals surface area contributed by atoms with Crippen LogP contribution in [-0.4, -0.2) is 30.9 Å². The Kier molecular flexibility index (Phi) is 3.46. The van der Waals surface area contributed by atoms with Crippen LogP contribution in [0.25, 0.3) is 0 Å². The largest absolute Gasteiger partial charge is 0.508 e. The molecule has 88 valence electrons. The lowest BCUT2D eigenvalue weighted by atomic mass is 9.98. The van der Waals surface area contributed by atoms with Gasteiger partial charge in [0.25, 0.3) is 0 Å². The normalized spacial score (nSPS) is 21.0. The van der Waals surface area contributed by atoms with Crippen molar-refractivity contribution in [3.63, 3.8) is 0 Å². The molecule has 2 N–H and O–H groups in total. The number of hydrogen-bond donors (Lipinski definition) is 2. The molecule has 1 aliphatic rings. The van der Waals surface area contributed by atoms with Crippen molar-refractivity contribution in [3.8, 4) is 5.75 Å². The molecule has 3 heteroatoms. The highest BCUT2D eigenvalue weighted by Crippen LogP contribution is 2.22. The van der Waals surface area contributed by atoms with Crippen LogP contribution in [0.2, 0.25) is 0 Å². The molecule has 0 aliphatic carbocycles. The van der Waals surface area contributed by atoms with Crippen LogP contribution in [0.1, 0.15) is 16.7 Å². The van der Waals surface area contributed by atoms with E-state index < -0.39 is 0 Å². The van der Waals surface area contributed by atoms with E-state index in [1.807, 2.05) is 19.9 Å². The number of aromatic hydroxyl groups is 1. The second-order valence-electron chi connectivity index (χ2n) is 4.50. The molecule has 1 aliphatic heterocycles. The Balaban J connectivity index is 2.11. The van der Waals surface area contributed by atoms with Crippen molar-refractivity contribution in [1.29, 1.82) is 0 Å². The lowest BCUT2D eigenvalue weighted by Gasteiger charge is -2.24. The highest BCUT2D eigenvalue weighted by molar-refractivity contribution is 5.40. The predicted octanol–water partition coefficient (Wildman–Crippen LogP) is 1.54. The summed E-state index contributed by atoms with van der Waals surface area (Å²) in [5, 5.41) is 13.0. The third-order valence-electron chi connectivity index (χ3n) is 3.12. The SMILES string of the molecule is Cc1cc(CC2COCCN2)c(C)cc1O. The number of benzene rings is 1. The summed E-state index contributed by atoms with van der Waals surface area (Å²) in [6.45, 7) is 6.49. The zero-order chi connectivity index (χ0) is 11.5. The van der Waals surface area contributed by atoms with E-state index in [-0.39, 0.29) is 0 Å². The van der Waals surface area contributed by atoms with Crippen molar-refractivity contribution in [2.45, 2.75) is 26.3 Å². The molecule has 0 radical (unpaired) electrons. The van der Waals surface area contributed by atoms with Crippen molar-refractivity contribution < 1.29 is 9.84 Å². The van der Waals surface area contributed by atoms with Crippen molar-refractivity contribution >= 4 is 0 Å². The fraction of sp³-hybridized carbons (Fsp3) is 0.538. The maximum absolute atomic E-state index is 9.59. The minimum atomic E-state index is 0.383. The molecule has 0 bridgehead atoms. The van der Waals surface area contributed by atoms with Gasteiger partial charge in [0, 0.05) is 12.6 Å². The first-order chi connectivity index (χ1) is 7.66. The van der Waals surface area contributed by atoms with E-state index in [0.29, 0.717) is 11.8 Å². The highest BCUT2D eigenvalue weighted by Gasteiger charge is 2.15. The highest BCUT2D eigenvalue weighted by atomic mass is 16.5. The molecule has 0 saturated carbocycles. The minimum Gasteiger partial charge on any atom is -0.508 e. The van der Waals surface area contributed by atoms with E-state index in [2.05, 4.69) is 11.4 Å². The number of phenols is 1. The molecule has 1 saturated heterocycles. The van der Waals surface area contributed by atoms with Crippen LogP contribution in [0, 0.1) is 13.8 Å². The van der Waals surface area contributed by atoms with Crippen LogP contribution in [0.15, 0.2) is 12.1 Å². The van der Waals surface area contributed by atoms with Crippen LogP contribution < -0.4 is 5.32 Å². The van der Waals surface area contributed by atoms with Crippen LogP contribution in [0.3, 0.4) is 0 Å². The third kappa shape index (κ3) is 2.54. The van der Waals surface area contributed by atoms with Crippen LogP contribution in [0.4, 0.5) is 0 Å². The van der Waals surface area contributed by atoms with Crippen LogP contribution in [0.5, 0.6) is 5.75 Å². The Morgan fingerprint density at radius 3 is 2.88 bits per heavy atom. The van der Waals surface area contributed by atoms with Gasteiger partial charge in [-0.2, -0.15) is 0 Å². The van der Waals surface area contributed by atoms with Gasteiger partial charge in [0.2, 0.25) is 0 Å². The molecule has 3 nitrogen and oxygen atoms in total. The molecule has 1 fully saturated rings. The fourth-order valence-corrected chi connectivity index (χ4v) is 2.10. The van der Waals surface area contributed by atoms with E-state index in [9.17, 15) is 5.11 Å². The number of phenolic OH excluding ortho intramolecular Hbond substituents is 1. The van der Waals surface area contributed by atoms with Crippen molar-refractivity contribution in [1.82, 2.24) is 5.32 Å². The number of morpholine rings is 1. The smallest absolute Gasteiger partial charge is 0.118 e. The molecule has 1 aromatic carbocycles. The zero-order valence-electron chi connectivity index (χ0n) is 9.92. The van der Waals surface area contributed by atoms with Gasteiger partial charge >= 0.3 is 0 Å². The Labute approximate surface area is 96.4 Å². The molecular weight excluding hydrogens is 202 g/mol. The average Bonchev–Trinajstić information content (AvgIpc) is 2.27. The topological polar surface area (TPSA) is 41.5 Å². The van der Waals surface area contributed by atoms with E-state index in [1.54, 1.807) is 0 Å². The summed E-state index contributed by atoms with van der Waals surface area (Å²) >= 11 is 0. The van der Waals surface area contributed by atoms with E-state index in [4.69, 9.17) is 4.74 Å². The second-order valence-corrected chi connectivity index (χ2v) is 4.50. The van der Waals surface area contributed by atoms with Gasteiger partial charge in [-0.25, -0.2) is 0 Å². The van der Waals surface area contributed by atoms with E-state index in [0.717, 1.165) is 37.3 Å². The Morgan fingerprint density at radius 1 is 1.38 bits per heavy atom. The number of ether oxygens (including phenoxy) is 1. The van der Waals surface area contributed by atoms with Crippen molar-refractivity contribution in [3.05, 3.63) is 28.8 Å². The van der Waals surface area contributed by atoms with Gasteiger partial charge in [-0.3, -0.25) is 0 Å². The summed E-state index contributed by atoms with van der Waals surface area (Å²) in [6.07, 6.45) is 0.965. The molecule has 1 unspecified atom stereocenters. The summed E-state index contributed by atoms with van der Waals surface area (Å²) in [6, 6.07) is 4.31. The van der Waals surface area contributed by atoms with Gasteiger partial charge in [0.05, 0.1) is 13.2 Å². The lowest BCUT2D eigenvalue weighted by molar-refractivity contribution is 0.0769. The van der Waals surface area contributed by atoms with Gasteiger partial charge in [-0.1, -0.05) is 6.07 Å². The second kappa shape index (κ2) is 4.85. The molecule has 0 amide bonds. The van der Waals surface area contributed by atoms with Gasteiger partial charge in [-0.15, -0.1) is 0 Å². The molecule has 0 spiro atoms. The Morgan fingerprint density at radius 2 is 2.19 bits per heavy atom. The fourth-order valence-electron chi connectivity index (χ4n) is 2.10. The minimum absolute atomic E-state index is 0.383. The van der Waals surface area contributed by atoms with Crippen molar-refractivity contribution in [2.75, 3.05) is 19.8 Å². The quantitative estimate of drug-likeness (QED) is 0.796. The monoisotopic (exact) mass is 221 g/mol. The number of nitrogens with one attached hydrogen (secondary N) is 1. The molecule has 2 rings (SSSR count). The van der Waals surface area contributed by atoms with Gasteiger partial charge in [0.1, 0.15) is 5.75 Å². The standard InChI is InChI=1S/C13H19NO2/c1-9-6-13(15)10(2)5-11(9)7-12-8-16-4-3-14-12/h5-6,12,14-15H,3-4,7-8H2,1-2H3. The molecule has 16 heavy (non-hydrogen) atoms. The maximum atomic E-state index is 9.59. The summed E-state index contributed by atoms with van der Waals surface area (Å²) in [5.74, 6) is 0.383. The summed E-state index contributed by atoms with van der Waals surface area (Å²) < 4.78 is 5.44. The van der Waals surface area contributed by atoms with E-state index in [1.165, 1.54) is 5.56 Å². The summed E-state index contributed by atoms with van der Waals surface area (Å²) in [7, 11) is 0. The summed E-state index contributed by atoms with van der Waals surface area (Å²) in [4.78, 5) is 0. The van der Waals surface area contributed by atoms with Crippen LogP contribution >= 0.6 is 0 Å². The third-order valence-corrected chi connectivity index (χ3v) is 3.12. The van der Waals surface area contributed by atoms with Gasteiger partial charge in [-0.05, 0) is 43.0 Å². The first kappa shape index (κ1) is 11.4. The van der Waals surface area contributed by atoms with Gasteiger partial charge in [0.15, 0.2) is 0 Å². The number of aryl methyl sites for hydroxylation is 2. The predicted molar refractivity (Wildman–Crippen MR) is 63.9 cm³/mol. The molecular formula is C13H19NO2. The van der Waals surface area contributed by atoms with Crippen LogP contribution in [-0.2, 0) is 11.2 Å².